The van der Waals surface area contributed by atoms with Crippen LogP contribution in [0.1, 0.15) is 27.5 Å². The second-order valence-electron chi connectivity index (χ2n) is 4.74. The first kappa shape index (κ1) is 10.4. The van der Waals surface area contributed by atoms with Gasteiger partial charge in [0.05, 0.1) is 12.6 Å². The molecule has 0 fully saturated rings. The number of carbonyl (C=O) groups is 1. The monoisotopic (exact) mass is 325 g/mol. The number of hydrogen-bond acceptors (Lipinski definition) is 4. The number of nitrogens with zero attached hydrogens (tertiary/aromatic N) is 1. The Hall–Kier alpha value is -1.36. The van der Waals surface area contributed by atoms with E-state index in [1.165, 1.54) is 12.0 Å². The lowest BCUT2D eigenvalue weighted by atomic mass is 10.0. The number of rotatable bonds is 3. The number of halogens is 1. The van der Waals surface area contributed by atoms with Gasteiger partial charge in [0.1, 0.15) is 6.04 Å². The number of ether oxygens (including phenoxy) is 1. The highest BCUT2D eigenvalue weighted by Gasteiger charge is 2.32. The molecule has 21 heavy (non-hydrogen) atoms. The van der Waals surface area contributed by atoms with Gasteiger partial charge >= 0.3 is 5.97 Å². The fraction of sp³-hybridized carbons (Fsp3) is 0.312. The van der Waals surface area contributed by atoms with Gasteiger partial charge in [-0.05, 0) is 35.0 Å². The molecule has 110 valence electrons. The lowest BCUT2D eigenvalue weighted by Crippen LogP contribution is -2.38. The molecular weight excluding hydrogens is 306 g/mol. The van der Waals surface area contributed by atoms with Crippen LogP contribution in [0.4, 0.5) is 0 Å². The Kier molecular flexibility index (Phi) is 3.05. The average molecular weight is 326 g/mol. The predicted molar refractivity (Wildman–Crippen MR) is 84.6 cm³/mol. The molecule has 0 spiro atoms. The summed E-state index contributed by atoms with van der Waals surface area (Å²) in [5.41, 5.74) is 1.18. The van der Waals surface area contributed by atoms with E-state index in [4.69, 9.17) is 21.8 Å². The van der Waals surface area contributed by atoms with Crippen LogP contribution in [0.25, 0.3) is 0 Å². The zero-order valence-corrected chi connectivity index (χ0v) is 13.0. The minimum absolute atomic E-state index is 0.0678. The van der Waals surface area contributed by atoms with Crippen molar-refractivity contribution < 1.29 is 15.0 Å². The number of methoxy groups -OCH3 is 1. The molecule has 1 aliphatic heterocycles. The van der Waals surface area contributed by atoms with Crippen LogP contribution in [0.15, 0.2) is 35.6 Å². The fourth-order valence-corrected chi connectivity index (χ4v) is 3.63. The van der Waals surface area contributed by atoms with Crippen LogP contribution in [-0.2, 0) is 22.5 Å². The summed E-state index contributed by atoms with van der Waals surface area (Å²) in [5.74, 6) is -0.592. The minimum atomic E-state index is -0.980. The molecule has 5 heteroatoms. The Labute approximate surface area is 138 Å². The maximum atomic E-state index is 12.5. The van der Waals surface area contributed by atoms with Gasteiger partial charge in [0.2, 0.25) is 0 Å². The van der Waals surface area contributed by atoms with E-state index >= 15 is 0 Å². The van der Waals surface area contributed by atoms with E-state index in [1.54, 1.807) is 11.3 Å². The van der Waals surface area contributed by atoms with Crippen LogP contribution in [0.3, 0.4) is 0 Å². The molecule has 1 aromatic carbocycles. The zero-order valence-electron chi connectivity index (χ0n) is 15.4. The van der Waals surface area contributed by atoms with Crippen LogP contribution in [-0.4, -0.2) is 24.5 Å². The Morgan fingerprint density at radius 1 is 1.52 bits per heavy atom. The number of esters is 1. The normalized spacial score (nSPS) is 19.0. The molecule has 0 saturated heterocycles. The van der Waals surface area contributed by atoms with Gasteiger partial charge in [-0.1, -0.05) is 29.7 Å². The molecule has 2 heterocycles. The summed E-state index contributed by atoms with van der Waals surface area (Å²) in [6.45, 7) is 1.07. The Morgan fingerprint density at radius 2 is 2.33 bits per heavy atom. The van der Waals surface area contributed by atoms with E-state index in [-0.39, 0.29) is 22.7 Å². The summed E-state index contributed by atoms with van der Waals surface area (Å²) in [4.78, 5) is 15.6. The first-order valence-corrected chi connectivity index (χ1v) is 7.75. The van der Waals surface area contributed by atoms with E-state index < -0.39 is 24.1 Å². The molecule has 1 aliphatic rings. The number of thiophene rings is 1. The largest absolute Gasteiger partial charge is 0.468 e. The predicted octanol–water partition coefficient (Wildman–Crippen LogP) is 3.67. The topological polar surface area (TPSA) is 29.5 Å². The highest BCUT2D eigenvalue weighted by Crippen LogP contribution is 2.33. The Morgan fingerprint density at radius 3 is 3.14 bits per heavy atom. The van der Waals surface area contributed by atoms with Crippen LogP contribution in [0, 0.1) is 0 Å². The molecule has 3 nitrogen and oxygen atoms in total. The zero-order chi connectivity index (χ0) is 18.3. The van der Waals surface area contributed by atoms with Crippen LogP contribution < -0.4 is 0 Å². The molecule has 0 radical (unpaired) electrons. The van der Waals surface area contributed by atoms with Gasteiger partial charge in [0, 0.05) is 23.0 Å². The number of fused-ring (bicyclic) bond motifs is 1. The van der Waals surface area contributed by atoms with Crippen LogP contribution >= 0.6 is 22.9 Å². The molecule has 0 N–H and O–H groups in total. The maximum absolute atomic E-state index is 12.5. The standard InChI is InChI=1S/C16H16ClNO2S/c1-20-16(19)15(12-4-2-3-5-13(12)17)18-8-6-14-11(10-18)7-9-21-14/h2-5,7,9,15H,6,8,10H2,1H3/i2D,3D,4D,5D. The summed E-state index contributed by atoms with van der Waals surface area (Å²) < 4.78 is 36.7. The third-order valence-corrected chi connectivity index (χ3v) is 4.89. The second-order valence-corrected chi connectivity index (χ2v) is 6.12. The molecule has 0 bridgehead atoms. The lowest BCUT2D eigenvalue weighted by molar-refractivity contribution is -0.147. The SMILES string of the molecule is [2H]c1c([2H])c([2H])c(C(C(=O)OC)N2CCc3sccc3C2)c(Cl)c1[2H]. The van der Waals surface area contributed by atoms with Gasteiger partial charge in [0.25, 0.3) is 0 Å². The van der Waals surface area contributed by atoms with Gasteiger partial charge in [-0.25, -0.2) is 4.79 Å². The first-order chi connectivity index (χ1) is 11.9. The third-order valence-electron chi connectivity index (χ3n) is 3.57. The van der Waals surface area contributed by atoms with Gasteiger partial charge in [-0.3, -0.25) is 4.90 Å². The van der Waals surface area contributed by atoms with E-state index in [0.717, 1.165) is 12.0 Å². The minimum Gasteiger partial charge on any atom is -0.468 e. The number of carbonyl (C=O) groups excluding carboxylic acids is 1. The first-order valence-electron chi connectivity index (χ1n) is 8.49. The summed E-state index contributed by atoms with van der Waals surface area (Å²) in [6.07, 6.45) is 0.767. The molecule has 0 amide bonds. The van der Waals surface area contributed by atoms with Crippen LogP contribution in [0.5, 0.6) is 0 Å². The van der Waals surface area contributed by atoms with Gasteiger partial charge in [-0.15, -0.1) is 11.3 Å². The van der Waals surface area contributed by atoms with E-state index in [2.05, 4.69) is 0 Å². The average Bonchev–Trinajstić information content (AvgIpc) is 3.09. The molecule has 0 saturated carbocycles. The summed E-state index contributed by atoms with van der Waals surface area (Å²) in [7, 11) is 1.26. The molecule has 1 unspecified atom stereocenters. The van der Waals surface area contributed by atoms with Crippen molar-refractivity contribution in [3.05, 3.63) is 56.6 Å². The molecule has 0 aliphatic carbocycles. The van der Waals surface area contributed by atoms with Crippen molar-refractivity contribution in [2.45, 2.75) is 19.0 Å². The molecular formula is C16H16ClNO2S. The second kappa shape index (κ2) is 6.18. The third kappa shape index (κ3) is 2.84. The van der Waals surface area contributed by atoms with Gasteiger partial charge in [0.15, 0.2) is 0 Å². The molecule has 2 aromatic rings. The summed E-state index contributed by atoms with van der Waals surface area (Å²) >= 11 is 7.90. The Bertz CT molecular complexity index is 813. The quantitative estimate of drug-likeness (QED) is 0.806. The van der Waals surface area contributed by atoms with E-state index in [0.29, 0.717) is 13.1 Å². The molecule has 1 aromatic heterocycles. The van der Waals surface area contributed by atoms with Gasteiger partial charge in [-0.2, -0.15) is 0 Å². The Balaban J connectivity index is 2.11. The smallest absolute Gasteiger partial charge is 0.327 e. The maximum Gasteiger partial charge on any atom is 0.327 e. The fourth-order valence-electron chi connectivity index (χ4n) is 2.55. The van der Waals surface area contributed by atoms with Gasteiger partial charge < -0.3 is 4.74 Å². The van der Waals surface area contributed by atoms with Crippen molar-refractivity contribution in [1.29, 1.82) is 0 Å². The van der Waals surface area contributed by atoms with Crippen LogP contribution in [0.2, 0.25) is 5.02 Å². The summed E-state index contributed by atoms with van der Waals surface area (Å²) in [5, 5.41) is 1.86. The van der Waals surface area contributed by atoms with Crippen molar-refractivity contribution in [2.24, 2.45) is 0 Å². The highest BCUT2D eigenvalue weighted by atomic mass is 35.5. The molecule has 3 rings (SSSR count). The molecule has 1 atom stereocenters. The van der Waals surface area contributed by atoms with Crippen molar-refractivity contribution >= 4 is 28.9 Å². The van der Waals surface area contributed by atoms with E-state index in [9.17, 15) is 4.79 Å². The van der Waals surface area contributed by atoms with E-state index in [1.807, 2.05) is 16.3 Å². The van der Waals surface area contributed by atoms with Crippen molar-refractivity contribution in [2.75, 3.05) is 13.7 Å². The van der Waals surface area contributed by atoms with Crippen molar-refractivity contribution in [3.8, 4) is 0 Å². The lowest BCUT2D eigenvalue weighted by Gasteiger charge is -2.33. The number of hydrogen-bond donors (Lipinski definition) is 0. The highest BCUT2D eigenvalue weighted by molar-refractivity contribution is 7.10. The van der Waals surface area contributed by atoms with Crippen molar-refractivity contribution in [3.63, 3.8) is 0 Å². The number of benzene rings is 1. The summed E-state index contributed by atoms with van der Waals surface area (Å²) in [6, 6.07) is -0.459. The van der Waals surface area contributed by atoms with Crippen molar-refractivity contribution in [1.82, 2.24) is 4.90 Å².